The topological polar surface area (TPSA) is 53.1 Å². The molecule has 3 rings (SSSR count). The Balaban J connectivity index is 1.55. The zero-order valence-corrected chi connectivity index (χ0v) is 16.0. The van der Waals surface area contributed by atoms with Crippen molar-refractivity contribution in [2.45, 2.75) is 46.0 Å². The second kappa shape index (κ2) is 9.41. The van der Waals surface area contributed by atoms with Crippen LogP contribution in [0.15, 0.2) is 36.7 Å². The van der Waals surface area contributed by atoms with Crippen LogP contribution in [0.5, 0.6) is 0 Å². The first kappa shape index (κ1) is 18.5. The third-order valence-electron chi connectivity index (χ3n) is 5.04. The molecule has 0 aliphatic carbocycles. The van der Waals surface area contributed by atoms with E-state index in [4.69, 9.17) is 0 Å². The van der Waals surface area contributed by atoms with Crippen molar-refractivity contribution in [1.82, 2.24) is 9.97 Å². The van der Waals surface area contributed by atoms with Crippen LogP contribution < -0.4 is 15.5 Å². The molecule has 1 aliphatic rings. The van der Waals surface area contributed by atoms with Gasteiger partial charge in [-0.2, -0.15) is 0 Å². The van der Waals surface area contributed by atoms with Gasteiger partial charge in [-0.25, -0.2) is 9.97 Å². The number of nitrogens with zero attached hydrogens (tertiary/aromatic N) is 3. The SMILES string of the molecule is CCCCCNc1cc(Nc2ccc(N3CCC(C)CC3)cc2)ncn1. The highest BCUT2D eigenvalue weighted by molar-refractivity contribution is 5.62. The van der Waals surface area contributed by atoms with Crippen molar-refractivity contribution >= 4 is 23.0 Å². The Labute approximate surface area is 157 Å². The van der Waals surface area contributed by atoms with Gasteiger partial charge in [0.15, 0.2) is 0 Å². The first-order chi connectivity index (χ1) is 12.7. The zero-order chi connectivity index (χ0) is 18.2. The number of benzene rings is 1. The number of unbranched alkanes of at least 4 members (excludes halogenated alkanes) is 2. The molecule has 1 aromatic heterocycles. The van der Waals surface area contributed by atoms with E-state index < -0.39 is 0 Å². The number of anilines is 4. The summed E-state index contributed by atoms with van der Waals surface area (Å²) in [5, 5.41) is 6.74. The fraction of sp³-hybridized carbons (Fsp3) is 0.524. The summed E-state index contributed by atoms with van der Waals surface area (Å²) in [5.74, 6) is 2.55. The lowest BCUT2D eigenvalue weighted by Crippen LogP contribution is -2.32. The number of nitrogens with one attached hydrogen (secondary N) is 2. The zero-order valence-electron chi connectivity index (χ0n) is 16.0. The molecule has 2 N–H and O–H groups in total. The van der Waals surface area contributed by atoms with Crippen LogP contribution in [0.1, 0.15) is 46.0 Å². The molecule has 5 nitrogen and oxygen atoms in total. The van der Waals surface area contributed by atoms with E-state index in [0.717, 1.165) is 42.9 Å². The van der Waals surface area contributed by atoms with E-state index in [1.807, 2.05) is 6.07 Å². The second-order valence-corrected chi connectivity index (χ2v) is 7.26. The average molecular weight is 354 g/mol. The lowest BCUT2D eigenvalue weighted by molar-refractivity contribution is 0.438. The monoisotopic (exact) mass is 353 g/mol. The van der Waals surface area contributed by atoms with Gasteiger partial charge >= 0.3 is 0 Å². The first-order valence-electron chi connectivity index (χ1n) is 9.92. The Bertz CT molecular complexity index is 662. The largest absolute Gasteiger partial charge is 0.372 e. The first-order valence-corrected chi connectivity index (χ1v) is 9.92. The molecule has 2 aromatic rings. The minimum absolute atomic E-state index is 0.817. The van der Waals surface area contributed by atoms with Gasteiger partial charge in [0.2, 0.25) is 0 Å². The molecule has 0 bridgehead atoms. The van der Waals surface area contributed by atoms with E-state index in [-0.39, 0.29) is 0 Å². The molecule has 5 heteroatoms. The maximum atomic E-state index is 4.33. The molecule has 26 heavy (non-hydrogen) atoms. The summed E-state index contributed by atoms with van der Waals surface area (Å²) in [6.45, 7) is 7.83. The standard InChI is InChI=1S/C21H31N5/c1-3-4-5-12-22-20-15-21(24-16-23-20)25-18-6-8-19(9-7-18)26-13-10-17(2)11-14-26/h6-9,15-17H,3-5,10-14H2,1-2H3,(H2,22,23,24,25). The van der Waals surface area contributed by atoms with Gasteiger partial charge in [-0.05, 0) is 49.4 Å². The number of hydrogen-bond donors (Lipinski definition) is 2. The van der Waals surface area contributed by atoms with Crippen LogP contribution in [0.25, 0.3) is 0 Å². The second-order valence-electron chi connectivity index (χ2n) is 7.26. The van der Waals surface area contributed by atoms with Gasteiger partial charge < -0.3 is 15.5 Å². The number of hydrogen-bond acceptors (Lipinski definition) is 5. The van der Waals surface area contributed by atoms with E-state index in [0.29, 0.717) is 0 Å². The number of rotatable bonds is 8. The number of aromatic nitrogens is 2. The third-order valence-corrected chi connectivity index (χ3v) is 5.04. The van der Waals surface area contributed by atoms with Crippen LogP contribution in [-0.4, -0.2) is 29.6 Å². The highest BCUT2D eigenvalue weighted by Crippen LogP contribution is 2.25. The quantitative estimate of drug-likeness (QED) is 0.650. The summed E-state index contributed by atoms with van der Waals surface area (Å²) in [6.07, 6.45) is 7.81. The van der Waals surface area contributed by atoms with Gasteiger partial charge in [-0.3, -0.25) is 0 Å². The molecule has 1 aromatic carbocycles. The fourth-order valence-electron chi connectivity index (χ4n) is 3.28. The predicted molar refractivity (Wildman–Crippen MR) is 110 cm³/mol. The van der Waals surface area contributed by atoms with Crippen molar-refractivity contribution in [2.75, 3.05) is 35.2 Å². The molecule has 0 radical (unpaired) electrons. The number of piperidine rings is 1. The third kappa shape index (κ3) is 5.35. The molecule has 0 unspecified atom stereocenters. The minimum atomic E-state index is 0.817. The Morgan fingerprint density at radius 3 is 2.50 bits per heavy atom. The van der Waals surface area contributed by atoms with Gasteiger partial charge in [-0.15, -0.1) is 0 Å². The Kier molecular flexibility index (Phi) is 6.69. The molecular weight excluding hydrogens is 322 g/mol. The Hall–Kier alpha value is -2.30. The molecule has 0 amide bonds. The Morgan fingerprint density at radius 2 is 1.77 bits per heavy atom. The van der Waals surface area contributed by atoms with Crippen LogP contribution in [0, 0.1) is 5.92 Å². The minimum Gasteiger partial charge on any atom is -0.372 e. The summed E-state index contributed by atoms with van der Waals surface area (Å²) < 4.78 is 0. The van der Waals surface area contributed by atoms with Gasteiger partial charge in [0.25, 0.3) is 0 Å². The van der Waals surface area contributed by atoms with Crippen molar-refractivity contribution in [3.8, 4) is 0 Å². The van der Waals surface area contributed by atoms with Gasteiger partial charge in [0.1, 0.15) is 18.0 Å². The molecule has 1 saturated heterocycles. The highest BCUT2D eigenvalue weighted by Gasteiger charge is 2.15. The maximum Gasteiger partial charge on any atom is 0.135 e. The smallest absolute Gasteiger partial charge is 0.135 e. The highest BCUT2D eigenvalue weighted by atomic mass is 15.1. The van der Waals surface area contributed by atoms with E-state index in [1.54, 1.807) is 6.33 Å². The molecule has 0 atom stereocenters. The van der Waals surface area contributed by atoms with E-state index >= 15 is 0 Å². The van der Waals surface area contributed by atoms with Crippen LogP contribution >= 0.6 is 0 Å². The molecule has 140 valence electrons. The van der Waals surface area contributed by atoms with E-state index in [1.165, 1.54) is 37.8 Å². The molecule has 1 aliphatic heterocycles. The van der Waals surface area contributed by atoms with Crippen molar-refractivity contribution in [1.29, 1.82) is 0 Å². The summed E-state index contributed by atoms with van der Waals surface area (Å²) in [4.78, 5) is 11.1. The van der Waals surface area contributed by atoms with Crippen LogP contribution in [0.3, 0.4) is 0 Å². The lowest BCUT2D eigenvalue weighted by Gasteiger charge is -2.32. The van der Waals surface area contributed by atoms with Crippen molar-refractivity contribution in [3.05, 3.63) is 36.7 Å². The van der Waals surface area contributed by atoms with E-state index in [9.17, 15) is 0 Å². The maximum absolute atomic E-state index is 4.33. The molecule has 0 spiro atoms. The van der Waals surface area contributed by atoms with Crippen molar-refractivity contribution in [2.24, 2.45) is 5.92 Å². The molecule has 1 fully saturated rings. The van der Waals surface area contributed by atoms with Crippen molar-refractivity contribution < 1.29 is 0 Å². The molecule has 0 saturated carbocycles. The van der Waals surface area contributed by atoms with Crippen LogP contribution in [0.4, 0.5) is 23.0 Å². The summed E-state index contributed by atoms with van der Waals surface area (Å²) in [7, 11) is 0. The summed E-state index contributed by atoms with van der Waals surface area (Å²) >= 11 is 0. The normalized spacial score (nSPS) is 15.1. The van der Waals surface area contributed by atoms with Crippen molar-refractivity contribution in [3.63, 3.8) is 0 Å². The van der Waals surface area contributed by atoms with Gasteiger partial charge in [0, 0.05) is 37.1 Å². The fourth-order valence-corrected chi connectivity index (χ4v) is 3.28. The Morgan fingerprint density at radius 1 is 1.04 bits per heavy atom. The lowest BCUT2D eigenvalue weighted by atomic mass is 9.99. The van der Waals surface area contributed by atoms with Gasteiger partial charge in [-0.1, -0.05) is 26.7 Å². The van der Waals surface area contributed by atoms with Crippen LogP contribution in [0.2, 0.25) is 0 Å². The van der Waals surface area contributed by atoms with E-state index in [2.05, 4.69) is 63.6 Å². The molecule has 2 heterocycles. The van der Waals surface area contributed by atoms with Crippen LogP contribution in [-0.2, 0) is 0 Å². The molecular formula is C21H31N5. The van der Waals surface area contributed by atoms with Gasteiger partial charge in [0.05, 0.1) is 0 Å². The summed E-state index contributed by atoms with van der Waals surface area (Å²) in [6, 6.07) is 10.6. The average Bonchev–Trinajstić information content (AvgIpc) is 2.67. The predicted octanol–water partition coefficient (Wildman–Crippen LogP) is 5.06. The summed E-state index contributed by atoms with van der Waals surface area (Å²) in [5.41, 5.74) is 2.36.